The number of amides is 2. The van der Waals surface area contributed by atoms with Crippen molar-refractivity contribution in [3.63, 3.8) is 0 Å². The molecule has 0 saturated carbocycles. The summed E-state index contributed by atoms with van der Waals surface area (Å²) in [4.78, 5) is 35.4. The second-order valence-corrected chi connectivity index (χ2v) is 8.37. The Morgan fingerprint density at radius 1 is 1.10 bits per heavy atom. The summed E-state index contributed by atoms with van der Waals surface area (Å²) in [5.41, 5.74) is 2.91. The van der Waals surface area contributed by atoms with E-state index in [2.05, 4.69) is 15.3 Å². The largest absolute Gasteiger partial charge is 0.349 e. The Balaban J connectivity index is 1.23. The molecule has 1 N–H and O–H groups in total. The second-order valence-electron chi connectivity index (χ2n) is 7.42. The number of carbonyl (C=O) groups excluding carboxylic acids is 2. The van der Waals surface area contributed by atoms with Crippen LogP contribution in [0.2, 0.25) is 0 Å². The van der Waals surface area contributed by atoms with Gasteiger partial charge in [0.1, 0.15) is 5.01 Å². The van der Waals surface area contributed by atoms with Crippen LogP contribution in [-0.2, 0) is 16.1 Å². The third-order valence-electron chi connectivity index (χ3n) is 5.34. The van der Waals surface area contributed by atoms with Crippen molar-refractivity contribution < 1.29 is 9.59 Å². The molecule has 6 nitrogen and oxygen atoms in total. The zero-order valence-corrected chi connectivity index (χ0v) is 17.9. The minimum Gasteiger partial charge on any atom is -0.349 e. The maximum atomic E-state index is 12.6. The van der Waals surface area contributed by atoms with Gasteiger partial charge in [-0.2, -0.15) is 0 Å². The Morgan fingerprint density at radius 3 is 2.58 bits per heavy atom. The molecule has 3 heterocycles. The van der Waals surface area contributed by atoms with Crippen LogP contribution in [0.15, 0.2) is 66.3 Å². The van der Waals surface area contributed by atoms with Crippen LogP contribution >= 0.6 is 11.3 Å². The van der Waals surface area contributed by atoms with Gasteiger partial charge in [-0.25, -0.2) is 4.98 Å². The fourth-order valence-corrected chi connectivity index (χ4v) is 4.30. The molecule has 1 aliphatic heterocycles. The van der Waals surface area contributed by atoms with Crippen molar-refractivity contribution in [1.82, 2.24) is 20.2 Å². The molecule has 2 aromatic heterocycles. The molecule has 7 heteroatoms. The van der Waals surface area contributed by atoms with E-state index in [1.807, 2.05) is 58.8 Å². The zero-order valence-electron chi connectivity index (χ0n) is 17.1. The average molecular weight is 433 g/mol. The van der Waals surface area contributed by atoms with Crippen molar-refractivity contribution >= 4 is 29.2 Å². The summed E-state index contributed by atoms with van der Waals surface area (Å²) in [5, 5.41) is 5.87. The van der Waals surface area contributed by atoms with E-state index in [1.165, 1.54) is 11.3 Å². The number of benzene rings is 1. The van der Waals surface area contributed by atoms with Crippen molar-refractivity contribution in [1.29, 1.82) is 0 Å². The summed E-state index contributed by atoms with van der Waals surface area (Å²) in [7, 11) is 0. The first-order valence-corrected chi connectivity index (χ1v) is 11.2. The summed E-state index contributed by atoms with van der Waals surface area (Å²) in [6.07, 6.45) is 8.27. The molecule has 31 heavy (non-hydrogen) atoms. The topological polar surface area (TPSA) is 75.2 Å². The lowest BCUT2D eigenvalue weighted by atomic mass is 9.96. The highest BCUT2D eigenvalue weighted by molar-refractivity contribution is 7.09. The molecule has 1 fully saturated rings. The molecule has 0 bridgehead atoms. The van der Waals surface area contributed by atoms with E-state index in [9.17, 15) is 9.59 Å². The highest BCUT2D eigenvalue weighted by Crippen LogP contribution is 2.22. The van der Waals surface area contributed by atoms with Crippen LogP contribution in [0.3, 0.4) is 0 Å². The molecular weight excluding hydrogens is 408 g/mol. The minimum absolute atomic E-state index is 0.00543. The van der Waals surface area contributed by atoms with Crippen LogP contribution in [0.1, 0.15) is 23.4 Å². The van der Waals surface area contributed by atoms with Crippen LogP contribution in [0.25, 0.3) is 17.3 Å². The van der Waals surface area contributed by atoms with E-state index in [4.69, 9.17) is 0 Å². The first-order chi connectivity index (χ1) is 15.2. The standard InChI is InChI=1S/C24H24N4O2S/c29-23(7-6-18-4-2-1-3-5-18)28-14-10-20(11-15-28)24(30)26-16-22-27-21(17-31-22)19-8-12-25-13-9-19/h1-9,12-13,17,20H,10-11,14-16H2,(H,26,30)/b7-6+. The van der Waals surface area contributed by atoms with Crippen LogP contribution in [0.5, 0.6) is 0 Å². The number of rotatable bonds is 6. The van der Waals surface area contributed by atoms with Gasteiger partial charge >= 0.3 is 0 Å². The van der Waals surface area contributed by atoms with Crippen LogP contribution in [0, 0.1) is 5.92 Å². The molecule has 1 saturated heterocycles. The quantitative estimate of drug-likeness (QED) is 0.602. The highest BCUT2D eigenvalue weighted by Gasteiger charge is 2.26. The molecule has 158 valence electrons. The van der Waals surface area contributed by atoms with E-state index in [1.54, 1.807) is 18.5 Å². The molecule has 1 aromatic carbocycles. The number of piperidine rings is 1. The Hall–Kier alpha value is -3.32. The molecule has 4 rings (SSSR count). The Bertz CT molecular complexity index is 1040. The molecule has 0 radical (unpaired) electrons. The molecule has 1 aliphatic rings. The van der Waals surface area contributed by atoms with Crippen molar-refractivity contribution in [2.75, 3.05) is 13.1 Å². The number of thiazole rings is 1. The Morgan fingerprint density at radius 2 is 1.84 bits per heavy atom. The van der Waals surface area contributed by atoms with Crippen molar-refractivity contribution in [3.8, 4) is 11.3 Å². The van der Waals surface area contributed by atoms with E-state index in [0.29, 0.717) is 32.5 Å². The van der Waals surface area contributed by atoms with Gasteiger partial charge in [-0.3, -0.25) is 14.6 Å². The highest BCUT2D eigenvalue weighted by atomic mass is 32.1. The number of aromatic nitrogens is 2. The van der Waals surface area contributed by atoms with E-state index < -0.39 is 0 Å². The van der Waals surface area contributed by atoms with Gasteiger partial charge in [-0.1, -0.05) is 30.3 Å². The first kappa shape index (κ1) is 20.9. The normalized spacial score (nSPS) is 14.6. The number of hydrogen-bond donors (Lipinski definition) is 1. The maximum absolute atomic E-state index is 12.6. The predicted octanol–water partition coefficient (Wildman–Crippen LogP) is 3.77. The lowest BCUT2D eigenvalue weighted by Gasteiger charge is -2.30. The van der Waals surface area contributed by atoms with Gasteiger partial charge in [-0.15, -0.1) is 11.3 Å². The van der Waals surface area contributed by atoms with E-state index in [0.717, 1.165) is 21.8 Å². The molecule has 0 aliphatic carbocycles. The molecule has 3 aromatic rings. The zero-order chi connectivity index (χ0) is 21.5. The molecule has 0 spiro atoms. The molecule has 2 amide bonds. The third-order valence-corrected chi connectivity index (χ3v) is 6.19. The fraction of sp³-hybridized carbons (Fsp3) is 0.250. The van der Waals surface area contributed by atoms with Crippen LogP contribution < -0.4 is 5.32 Å². The number of nitrogens with one attached hydrogen (secondary N) is 1. The van der Waals surface area contributed by atoms with E-state index in [-0.39, 0.29) is 17.7 Å². The maximum Gasteiger partial charge on any atom is 0.246 e. The van der Waals surface area contributed by atoms with Gasteiger partial charge in [0.05, 0.1) is 12.2 Å². The summed E-state index contributed by atoms with van der Waals surface area (Å²) in [5.74, 6) is -0.0384. The van der Waals surface area contributed by atoms with Crippen molar-refractivity contribution in [3.05, 3.63) is 76.9 Å². The lowest BCUT2D eigenvalue weighted by Crippen LogP contribution is -2.42. The molecular formula is C24H24N4O2S. The van der Waals surface area contributed by atoms with E-state index >= 15 is 0 Å². The van der Waals surface area contributed by atoms with Crippen LogP contribution in [0.4, 0.5) is 0 Å². The van der Waals surface area contributed by atoms with Crippen molar-refractivity contribution in [2.45, 2.75) is 19.4 Å². The van der Waals surface area contributed by atoms with Gasteiger partial charge in [0.15, 0.2) is 0 Å². The lowest BCUT2D eigenvalue weighted by molar-refractivity contribution is -0.132. The second kappa shape index (κ2) is 10.1. The SMILES string of the molecule is O=C(NCc1nc(-c2ccncc2)cs1)C1CCN(C(=O)/C=C/c2ccccc2)CC1. The van der Waals surface area contributed by atoms with Gasteiger partial charge in [0, 0.05) is 48.4 Å². The van der Waals surface area contributed by atoms with Crippen LogP contribution in [-0.4, -0.2) is 39.8 Å². The summed E-state index contributed by atoms with van der Waals surface area (Å²) in [6.45, 7) is 1.62. The fourth-order valence-electron chi connectivity index (χ4n) is 3.55. The molecule has 0 unspecified atom stereocenters. The van der Waals surface area contributed by atoms with Gasteiger partial charge in [0.2, 0.25) is 11.8 Å². The number of pyridine rings is 1. The third kappa shape index (κ3) is 5.64. The number of likely N-dealkylation sites (tertiary alicyclic amines) is 1. The minimum atomic E-state index is -0.0678. The number of nitrogens with zero attached hydrogens (tertiary/aromatic N) is 3. The molecule has 0 atom stereocenters. The smallest absolute Gasteiger partial charge is 0.246 e. The van der Waals surface area contributed by atoms with Crippen molar-refractivity contribution in [2.24, 2.45) is 5.92 Å². The number of carbonyl (C=O) groups is 2. The monoisotopic (exact) mass is 432 g/mol. The summed E-state index contributed by atoms with van der Waals surface area (Å²) >= 11 is 1.53. The Labute approximate surface area is 185 Å². The Kier molecular flexibility index (Phi) is 6.84. The predicted molar refractivity (Wildman–Crippen MR) is 122 cm³/mol. The number of hydrogen-bond acceptors (Lipinski definition) is 5. The van der Waals surface area contributed by atoms with Gasteiger partial charge < -0.3 is 10.2 Å². The average Bonchev–Trinajstić information content (AvgIpc) is 3.31. The van der Waals surface area contributed by atoms with Gasteiger partial charge in [-0.05, 0) is 36.6 Å². The summed E-state index contributed by atoms with van der Waals surface area (Å²) in [6, 6.07) is 13.6. The summed E-state index contributed by atoms with van der Waals surface area (Å²) < 4.78 is 0. The van der Waals surface area contributed by atoms with Gasteiger partial charge in [0.25, 0.3) is 0 Å². The first-order valence-electron chi connectivity index (χ1n) is 10.3.